The number of anilines is 1. The van der Waals surface area contributed by atoms with Gasteiger partial charge in [-0.05, 0) is 12.8 Å². The van der Waals surface area contributed by atoms with Gasteiger partial charge in [0.1, 0.15) is 0 Å². The normalized spacial score (nSPS) is 20.3. The van der Waals surface area contributed by atoms with Gasteiger partial charge in [-0.25, -0.2) is 4.98 Å². The standard InChI is InChI=1S/C12H15N3O2S/c16-9-3-1-2-8-11(9)18-12(14-8)15-6-4-10(17)13-5-7-15/h1-7H2,(H,13,17). The number of ketones is 1. The van der Waals surface area contributed by atoms with Crippen molar-refractivity contribution < 1.29 is 9.59 Å². The number of nitrogens with zero attached hydrogens (tertiary/aromatic N) is 2. The maximum Gasteiger partial charge on any atom is 0.221 e. The van der Waals surface area contributed by atoms with Crippen molar-refractivity contribution >= 4 is 28.2 Å². The Bertz CT molecular complexity index is 498. The lowest BCUT2D eigenvalue weighted by molar-refractivity contribution is -0.120. The lowest BCUT2D eigenvalue weighted by Gasteiger charge is -2.17. The molecule has 1 amide bonds. The van der Waals surface area contributed by atoms with E-state index in [2.05, 4.69) is 15.2 Å². The highest BCUT2D eigenvalue weighted by atomic mass is 32.1. The molecule has 0 radical (unpaired) electrons. The smallest absolute Gasteiger partial charge is 0.221 e. The SMILES string of the molecule is O=C1CCN(c2nc3c(s2)C(=O)CCC3)CCN1. The third-order valence-electron chi connectivity index (χ3n) is 3.34. The molecule has 0 unspecified atom stereocenters. The third-order valence-corrected chi connectivity index (χ3v) is 4.54. The number of fused-ring (bicyclic) bond motifs is 1. The molecule has 0 atom stereocenters. The Balaban J connectivity index is 1.84. The number of thiazole rings is 1. The molecule has 1 N–H and O–H groups in total. The van der Waals surface area contributed by atoms with E-state index in [4.69, 9.17) is 0 Å². The summed E-state index contributed by atoms with van der Waals surface area (Å²) in [5.41, 5.74) is 0.954. The highest BCUT2D eigenvalue weighted by Gasteiger charge is 2.25. The maximum absolute atomic E-state index is 11.8. The van der Waals surface area contributed by atoms with E-state index in [1.165, 1.54) is 11.3 Å². The highest BCUT2D eigenvalue weighted by molar-refractivity contribution is 7.17. The molecule has 3 rings (SSSR count). The molecular formula is C12H15N3O2S. The predicted octanol–water partition coefficient (Wildman–Crippen LogP) is 0.988. The maximum atomic E-state index is 11.8. The number of nitrogens with one attached hydrogen (secondary N) is 1. The van der Waals surface area contributed by atoms with E-state index in [9.17, 15) is 9.59 Å². The second-order valence-electron chi connectivity index (χ2n) is 4.64. The van der Waals surface area contributed by atoms with Gasteiger partial charge in [0.25, 0.3) is 0 Å². The highest BCUT2D eigenvalue weighted by Crippen LogP contribution is 2.31. The van der Waals surface area contributed by atoms with E-state index < -0.39 is 0 Å². The molecule has 2 aliphatic rings. The Morgan fingerprint density at radius 2 is 2.06 bits per heavy atom. The van der Waals surface area contributed by atoms with Gasteiger partial charge in [0.15, 0.2) is 10.9 Å². The van der Waals surface area contributed by atoms with Crippen LogP contribution in [0, 0.1) is 0 Å². The van der Waals surface area contributed by atoms with Crippen LogP contribution < -0.4 is 10.2 Å². The first-order chi connectivity index (χ1) is 8.74. The molecule has 96 valence electrons. The van der Waals surface area contributed by atoms with Gasteiger partial charge in [-0.3, -0.25) is 9.59 Å². The average Bonchev–Trinajstić information content (AvgIpc) is 2.67. The number of aromatic nitrogens is 1. The first-order valence-electron chi connectivity index (χ1n) is 6.28. The lowest BCUT2D eigenvalue weighted by atomic mass is 10.0. The fourth-order valence-corrected chi connectivity index (χ4v) is 3.48. The van der Waals surface area contributed by atoms with Gasteiger partial charge < -0.3 is 10.2 Å². The van der Waals surface area contributed by atoms with Crippen molar-refractivity contribution in [3.05, 3.63) is 10.6 Å². The first-order valence-corrected chi connectivity index (χ1v) is 7.10. The zero-order valence-electron chi connectivity index (χ0n) is 10.1. The summed E-state index contributed by atoms with van der Waals surface area (Å²) in [6.45, 7) is 2.11. The third kappa shape index (κ3) is 2.12. The first kappa shape index (κ1) is 11.6. The van der Waals surface area contributed by atoms with Crippen LogP contribution >= 0.6 is 11.3 Å². The molecule has 0 saturated carbocycles. The number of hydrogen-bond donors (Lipinski definition) is 1. The van der Waals surface area contributed by atoms with E-state index in [1.54, 1.807) is 0 Å². The molecule has 1 fully saturated rings. The van der Waals surface area contributed by atoms with Gasteiger partial charge >= 0.3 is 0 Å². The fraction of sp³-hybridized carbons (Fsp3) is 0.583. The van der Waals surface area contributed by atoms with Crippen molar-refractivity contribution in [2.45, 2.75) is 25.7 Å². The van der Waals surface area contributed by atoms with Gasteiger partial charge in [-0.2, -0.15) is 0 Å². The van der Waals surface area contributed by atoms with Crippen LogP contribution in [0.15, 0.2) is 0 Å². The van der Waals surface area contributed by atoms with Crippen LogP contribution in [0.5, 0.6) is 0 Å². The zero-order valence-corrected chi connectivity index (χ0v) is 10.9. The van der Waals surface area contributed by atoms with Crippen LogP contribution in [0.1, 0.15) is 34.6 Å². The van der Waals surface area contributed by atoms with Gasteiger partial charge in [-0.15, -0.1) is 0 Å². The van der Waals surface area contributed by atoms with Gasteiger partial charge in [0.2, 0.25) is 5.91 Å². The van der Waals surface area contributed by atoms with Crippen LogP contribution in [-0.4, -0.2) is 36.3 Å². The summed E-state index contributed by atoms with van der Waals surface area (Å²) >= 11 is 1.49. The Labute approximate surface area is 109 Å². The van der Waals surface area contributed by atoms with Crippen molar-refractivity contribution in [1.82, 2.24) is 10.3 Å². The van der Waals surface area contributed by atoms with Crippen molar-refractivity contribution in [2.24, 2.45) is 0 Å². The van der Waals surface area contributed by atoms with Gasteiger partial charge in [-0.1, -0.05) is 11.3 Å². The molecule has 0 spiro atoms. The minimum absolute atomic E-state index is 0.0925. The van der Waals surface area contributed by atoms with Gasteiger partial charge in [0.05, 0.1) is 10.6 Å². The van der Waals surface area contributed by atoms with E-state index in [0.717, 1.165) is 35.1 Å². The number of amides is 1. The summed E-state index contributed by atoms with van der Waals surface area (Å²) in [4.78, 5) is 30.6. The second kappa shape index (κ2) is 4.68. The molecule has 1 aliphatic heterocycles. The number of hydrogen-bond acceptors (Lipinski definition) is 5. The second-order valence-corrected chi connectivity index (χ2v) is 5.61. The Morgan fingerprint density at radius 1 is 1.17 bits per heavy atom. The largest absolute Gasteiger partial charge is 0.354 e. The van der Waals surface area contributed by atoms with Crippen LogP contribution in [0.4, 0.5) is 5.13 Å². The van der Waals surface area contributed by atoms with Crippen LogP contribution in [0.25, 0.3) is 0 Å². The summed E-state index contributed by atoms with van der Waals surface area (Å²) in [7, 11) is 0. The molecule has 0 aromatic carbocycles. The van der Waals surface area contributed by atoms with E-state index in [-0.39, 0.29) is 11.7 Å². The Morgan fingerprint density at radius 3 is 2.89 bits per heavy atom. The molecule has 1 aliphatic carbocycles. The molecule has 18 heavy (non-hydrogen) atoms. The molecule has 1 saturated heterocycles. The molecule has 1 aromatic heterocycles. The summed E-state index contributed by atoms with van der Waals surface area (Å²) in [5.74, 6) is 0.318. The molecular weight excluding hydrogens is 250 g/mol. The minimum atomic E-state index is 0.0925. The topological polar surface area (TPSA) is 62.3 Å². The monoisotopic (exact) mass is 265 g/mol. The van der Waals surface area contributed by atoms with Crippen molar-refractivity contribution in [3.8, 4) is 0 Å². The van der Waals surface area contributed by atoms with Crippen molar-refractivity contribution in [2.75, 3.05) is 24.5 Å². The molecule has 2 heterocycles. The van der Waals surface area contributed by atoms with E-state index in [0.29, 0.717) is 25.9 Å². The number of Topliss-reactive ketones (excluding diaryl/α,β-unsaturated/α-hetero) is 1. The number of carbonyl (C=O) groups is 2. The quantitative estimate of drug-likeness (QED) is 0.822. The lowest BCUT2D eigenvalue weighted by Crippen LogP contribution is -2.28. The van der Waals surface area contributed by atoms with Crippen LogP contribution in [0.3, 0.4) is 0 Å². The Kier molecular flexibility index (Phi) is 3.03. The predicted molar refractivity (Wildman–Crippen MR) is 69.2 cm³/mol. The summed E-state index contributed by atoms with van der Waals surface area (Å²) in [6.07, 6.45) is 2.96. The average molecular weight is 265 g/mol. The van der Waals surface area contributed by atoms with Crippen LogP contribution in [0.2, 0.25) is 0 Å². The molecule has 0 bridgehead atoms. The van der Waals surface area contributed by atoms with E-state index in [1.807, 2.05) is 0 Å². The number of aryl methyl sites for hydroxylation is 1. The summed E-state index contributed by atoms with van der Waals surface area (Å²) in [5, 5.41) is 3.74. The van der Waals surface area contributed by atoms with Crippen molar-refractivity contribution in [3.63, 3.8) is 0 Å². The number of carbonyl (C=O) groups excluding carboxylic acids is 2. The van der Waals surface area contributed by atoms with Gasteiger partial charge in [0, 0.05) is 32.5 Å². The van der Waals surface area contributed by atoms with Crippen LogP contribution in [-0.2, 0) is 11.2 Å². The zero-order chi connectivity index (χ0) is 12.5. The molecule has 5 nitrogen and oxygen atoms in total. The summed E-state index contributed by atoms with van der Waals surface area (Å²) in [6, 6.07) is 0. The van der Waals surface area contributed by atoms with E-state index >= 15 is 0 Å². The van der Waals surface area contributed by atoms with Crippen molar-refractivity contribution in [1.29, 1.82) is 0 Å². The molecule has 6 heteroatoms. The molecule has 1 aromatic rings. The Hall–Kier alpha value is -1.43. The summed E-state index contributed by atoms with van der Waals surface area (Å²) < 4.78 is 0. The fourth-order valence-electron chi connectivity index (χ4n) is 2.35. The number of rotatable bonds is 1. The minimum Gasteiger partial charge on any atom is -0.354 e.